The predicted octanol–water partition coefficient (Wildman–Crippen LogP) is 4.51. The molecular formula is C19H24N2O. The van der Waals surface area contributed by atoms with E-state index >= 15 is 0 Å². The van der Waals surface area contributed by atoms with Crippen molar-refractivity contribution >= 4 is 11.4 Å². The molecule has 0 spiro atoms. The summed E-state index contributed by atoms with van der Waals surface area (Å²) < 4.78 is 6.05. The molecule has 116 valence electrons. The van der Waals surface area contributed by atoms with Gasteiger partial charge in [-0.2, -0.15) is 0 Å². The number of nitrogen functional groups attached to an aromatic ring is 1. The highest BCUT2D eigenvalue weighted by atomic mass is 16.5. The average Bonchev–Trinajstić information content (AvgIpc) is 3.01. The zero-order valence-corrected chi connectivity index (χ0v) is 13.1. The average molecular weight is 296 g/mol. The van der Waals surface area contributed by atoms with Gasteiger partial charge >= 0.3 is 0 Å². The molecule has 1 aliphatic rings. The lowest BCUT2D eigenvalue weighted by molar-refractivity contribution is 0.210. The van der Waals surface area contributed by atoms with Gasteiger partial charge < -0.3 is 15.8 Å². The maximum absolute atomic E-state index is 6.05. The number of anilines is 2. The van der Waals surface area contributed by atoms with Gasteiger partial charge in [0, 0.05) is 17.9 Å². The lowest BCUT2D eigenvalue weighted by Gasteiger charge is -2.15. The van der Waals surface area contributed by atoms with Crippen molar-refractivity contribution in [2.45, 2.75) is 45.3 Å². The molecule has 3 nitrogen and oxygen atoms in total. The Bertz CT molecular complexity index is 616. The third kappa shape index (κ3) is 3.73. The van der Waals surface area contributed by atoms with Crippen molar-refractivity contribution in [1.29, 1.82) is 0 Å². The highest BCUT2D eigenvalue weighted by Gasteiger charge is 2.16. The van der Waals surface area contributed by atoms with Crippen LogP contribution in [0.1, 0.15) is 36.8 Å². The molecule has 3 rings (SSSR count). The number of benzene rings is 2. The number of aryl methyl sites for hydroxylation is 1. The largest absolute Gasteiger partial charge is 0.490 e. The molecule has 0 radical (unpaired) electrons. The van der Waals surface area contributed by atoms with Gasteiger partial charge in [0.1, 0.15) is 5.75 Å². The third-order valence-electron chi connectivity index (χ3n) is 4.27. The molecule has 0 atom stereocenters. The lowest BCUT2D eigenvalue weighted by Crippen LogP contribution is -2.11. The van der Waals surface area contributed by atoms with Crippen LogP contribution in [-0.4, -0.2) is 6.10 Å². The molecule has 1 saturated carbocycles. The summed E-state index contributed by atoms with van der Waals surface area (Å²) in [5.41, 5.74) is 10.1. The van der Waals surface area contributed by atoms with Crippen LogP contribution in [0.25, 0.3) is 0 Å². The van der Waals surface area contributed by atoms with E-state index in [1.54, 1.807) is 0 Å². The number of hydrogen-bond donors (Lipinski definition) is 2. The first-order valence-electron chi connectivity index (χ1n) is 8.06. The number of ether oxygens (including phenoxy) is 1. The Kier molecular flexibility index (Phi) is 4.52. The summed E-state index contributed by atoms with van der Waals surface area (Å²) in [5, 5.41) is 3.47. The molecule has 3 heteroatoms. The van der Waals surface area contributed by atoms with Crippen LogP contribution in [-0.2, 0) is 6.54 Å². The van der Waals surface area contributed by atoms with Crippen molar-refractivity contribution < 1.29 is 4.74 Å². The Morgan fingerprint density at radius 2 is 1.82 bits per heavy atom. The standard InChI is InChI=1S/C19H24N2O/c1-14-12-18(22-17-4-2-3-5-17)10-11-19(14)21-13-15-6-8-16(20)9-7-15/h6-12,17,21H,2-5,13,20H2,1H3. The molecule has 0 aromatic heterocycles. The van der Waals surface area contributed by atoms with Crippen LogP contribution in [0.2, 0.25) is 0 Å². The summed E-state index contributed by atoms with van der Waals surface area (Å²) in [7, 11) is 0. The summed E-state index contributed by atoms with van der Waals surface area (Å²) >= 11 is 0. The molecule has 0 amide bonds. The smallest absolute Gasteiger partial charge is 0.120 e. The van der Waals surface area contributed by atoms with Crippen molar-refractivity contribution in [3.63, 3.8) is 0 Å². The zero-order valence-electron chi connectivity index (χ0n) is 13.1. The van der Waals surface area contributed by atoms with Crippen LogP contribution >= 0.6 is 0 Å². The van der Waals surface area contributed by atoms with Gasteiger partial charge in [0.25, 0.3) is 0 Å². The normalized spacial score (nSPS) is 15.0. The summed E-state index contributed by atoms with van der Waals surface area (Å²) in [6.07, 6.45) is 5.38. The van der Waals surface area contributed by atoms with Gasteiger partial charge in [-0.15, -0.1) is 0 Å². The van der Waals surface area contributed by atoms with Gasteiger partial charge in [-0.05, 0) is 74.1 Å². The van der Waals surface area contributed by atoms with E-state index in [4.69, 9.17) is 10.5 Å². The van der Waals surface area contributed by atoms with Gasteiger partial charge in [0.15, 0.2) is 0 Å². The van der Waals surface area contributed by atoms with E-state index in [0.29, 0.717) is 6.10 Å². The molecule has 1 aliphatic carbocycles. The van der Waals surface area contributed by atoms with Gasteiger partial charge in [0.2, 0.25) is 0 Å². The Labute approximate surface area is 132 Å². The molecule has 3 N–H and O–H groups in total. The van der Waals surface area contributed by atoms with Crippen LogP contribution < -0.4 is 15.8 Å². The monoisotopic (exact) mass is 296 g/mol. The maximum Gasteiger partial charge on any atom is 0.120 e. The quantitative estimate of drug-likeness (QED) is 0.798. The molecule has 0 bridgehead atoms. The van der Waals surface area contributed by atoms with Gasteiger partial charge in [-0.1, -0.05) is 12.1 Å². The first kappa shape index (κ1) is 14.8. The van der Waals surface area contributed by atoms with Crippen molar-refractivity contribution in [2.24, 2.45) is 0 Å². The minimum absolute atomic E-state index is 0.410. The van der Waals surface area contributed by atoms with Gasteiger partial charge in [-0.3, -0.25) is 0 Å². The van der Waals surface area contributed by atoms with Crippen LogP contribution in [0.5, 0.6) is 5.75 Å². The Balaban J connectivity index is 1.60. The molecule has 0 unspecified atom stereocenters. The number of hydrogen-bond acceptors (Lipinski definition) is 3. The molecule has 0 heterocycles. The second-order valence-corrected chi connectivity index (χ2v) is 6.10. The van der Waals surface area contributed by atoms with E-state index < -0.39 is 0 Å². The molecule has 0 aliphatic heterocycles. The number of nitrogens with two attached hydrogens (primary N) is 1. The Morgan fingerprint density at radius 3 is 2.50 bits per heavy atom. The molecule has 22 heavy (non-hydrogen) atoms. The fraction of sp³-hybridized carbons (Fsp3) is 0.368. The highest BCUT2D eigenvalue weighted by molar-refractivity contribution is 5.54. The second kappa shape index (κ2) is 6.73. The summed E-state index contributed by atoms with van der Waals surface area (Å²) in [5.74, 6) is 0.988. The number of rotatable bonds is 5. The van der Waals surface area contributed by atoms with E-state index in [0.717, 1.165) is 23.7 Å². The summed E-state index contributed by atoms with van der Waals surface area (Å²) in [4.78, 5) is 0. The van der Waals surface area contributed by atoms with Gasteiger partial charge in [0.05, 0.1) is 6.10 Å². The van der Waals surface area contributed by atoms with E-state index in [1.807, 2.05) is 12.1 Å². The minimum Gasteiger partial charge on any atom is -0.490 e. The predicted molar refractivity (Wildman–Crippen MR) is 92.2 cm³/mol. The zero-order chi connectivity index (χ0) is 15.4. The van der Waals surface area contributed by atoms with Crippen molar-refractivity contribution in [2.75, 3.05) is 11.1 Å². The minimum atomic E-state index is 0.410. The highest BCUT2D eigenvalue weighted by Crippen LogP contribution is 2.27. The van der Waals surface area contributed by atoms with Crippen LogP contribution in [0.4, 0.5) is 11.4 Å². The molecule has 0 saturated heterocycles. The topological polar surface area (TPSA) is 47.3 Å². The van der Waals surface area contributed by atoms with Crippen LogP contribution in [0.3, 0.4) is 0 Å². The van der Waals surface area contributed by atoms with Crippen molar-refractivity contribution in [3.05, 3.63) is 53.6 Å². The first-order chi connectivity index (χ1) is 10.7. The van der Waals surface area contributed by atoms with Crippen molar-refractivity contribution in [3.8, 4) is 5.75 Å². The Hall–Kier alpha value is -2.16. The molecular weight excluding hydrogens is 272 g/mol. The summed E-state index contributed by atoms with van der Waals surface area (Å²) in [6, 6.07) is 14.3. The third-order valence-corrected chi connectivity index (χ3v) is 4.27. The molecule has 2 aromatic carbocycles. The fourth-order valence-corrected chi connectivity index (χ4v) is 2.94. The van der Waals surface area contributed by atoms with Crippen molar-refractivity contribution in [1.82, 2.24) is 0 Å². The van der Waals surface area contributed by atoms with E-state index in [2.05, 4.69) is 42.6 Å². The molecule has 1 fully saturated rings. The Morgan fingerprint density at radius 1 is 1.09 bits per heavy atom. The maximum atomic E-state index is 6.05. The number of nitrogens with one attached hydrogen (secondary N) is 1. The molecule has 2 aromatic rings. The van der Waals surface area contributed by atoms with Crippen LogP contribution in [0.15, 0.2) is 42.5 Å². The SMILES string of the molecule is Cc1cc(OC2CCCC2)ccc1NCc1ccc(N)cc1. The fourth-order valence-electron chi connectivity index (χ4n) is 2.94. The van der Waals surface area contributed by atoms with Crippen LogP contribution in [0, 0.1) is 6.92 Å². The van der Waals surface area contributed by atoms with E-state index in [9.17, 15) is 0 Å². The van der Waals surface area contributed by atoms with E-state index in [1.165, 1.54) is 36.8 Å². The lowest BCUT2D eigenvalue weighted by atomic mass is 10.1. The summed E-state index contributed by atoms with van der Waals surface area (Å²) in [6.45, 7) is 2.91. The van der Waals surface area contributed by atoms with E-state index in [-0.39, 0.29) is 0 Å². The second-order valence-electron chi connectivity index (χ2n) is 6.10. The first-order valence-corrected chi connectivity index (χ1v) is 8.06. The van der Waals surface area contributed by atoms with Gasteiger partial charge in [-0.25, -0.2) is 0 Å².